The van der Waals surface area contributed by atoms with Crippen LogP contribution in [0.25, 0.3) is 0 Å². The van der Waals surface area contributed by atoms with Crippen molar-refractivity contribution in [2.45, 2.75) is 115 Å². The van der Waals surface area contributed by atoms with Crippen molar-refractivity contribution in [1.82, 2.24) is 0 Å². The first-order valence-corrected chi connectivity index (χ1v) is 15.7. The first kappa shape index (κ1) is 29.0. The average Bonchev–Trinajstić information content (AvgIpc) is 3.79. The summed E-state index contributed by atoms with van der Waals surface area (Å²) in [6.07, 6.45) is -2.91. The molecule has 2 unspecified atom stereocenters. The summed E-state index contributed by atoms with van der Waals surface area (Å²) in [4.78, 5) is 68.4. The van der Waals surface area contributed by atoms with Crippen LogP contribution in [0.15, 0.2) is 0 Å². The summed E-state index contributed by atoms with van der Waals surface area (Å²) in [6, 6.07) is 0. The zero-order valence-corrected chi connectivity index (χ0v) is 25.9. The van der Waals surface area contributed by atoms with Crippen molar-refractivity contribution in [3.05, 3.63) is 0 Å². The molecule has 12 nitrogen and oxygen atoms in total. The Morgan fingerprint density at radius 3 is 2.18 bits per heavy atom. The molecule has 0 radical (unpaired) electrons. The van der Waals surface area contributed by atoms with Gasteiger partial charge in [0.15, 0.2) is 5.60 Å². The number of ether oxygens (including phenoxy) is 5. The number of carbonyl (C=O) groups is 5. The molecule has 3 saturated heterocycles. The van der Waals surface area contributed by atoms with Crippen molar-refractivity contribution in [2.24, 2.45) is 51.8 Å². The first-order chi connectivity index (χ1) is 20.3. The highest BCUT2D eigenvalue weighted by Crippen LogP contribution is 2.79. The molecule has 8 fully saturated rings. The Morgan fingerprint density at radius 2 is 1.55 bits per heavy atom. The van der Waals surface area contributed by atoms with Crippen molar-refractivity contribution in [2.75, 3.05) is 0 Å². The number of fused-ring (bicyclic) bond motifs is 9. The Balaban J connectivity index is 1.37. The fraction of sp³-hybridized carbons (Fsp3) is 0.844. The Kier molecular flexibility index (Phi) is 5.23. The summed E-state index contributed by atoms with van der Waals surface area (Å²) in [5.41, 5.74) is -7.41. The molecule has 17 atom stereocenters. The third-order valence-electron chi connectivity index (χ3n) is 14.1. The number of aliphatic hydroxyl groups is 2. The van der Waals surface area contributed by atoms with Gasteiger partial charge in [0.05, 0.1) is 23.2 Å². The van der Waals surface area contributed by atoms with Gasteiger partial charge in [0, 0.05) is 61.2 Å². The molecule has 0 bridgehead atoms. The number of ketones is 2. The molecular formula is C32H40O12. The lowest BCUT2D eigenvalue weighted by molar-refractivity contribution is -0.263. The van der Waals surface area contributed by atoms with E-state index in [4.69, 9.17) is 23.7 Å². The molecule has 0 aromatic rings. The van der Waals surface area contributed by atoms with Crippen LogP contribution in [-0.4, -0.2) is 87.2 Å². The van der Waals surface area contributed by atoms with Gasteiger partial charge in [0.2, 0.25) is 0 Å². The van der Waals surface area contributed by atoms with Crippen LogP contribution < -0.4 is 0 Å². The molecule has 12 heteroatoms. The van der Waals surface area contributed by atoms with Crippen LogP contribution >= 0.6 is 0 Å². The van der Waals surface area contributed by atoms with Crippen molar-refractivity contribution >= 4 is 29.5 Å². The van der Waals surface area contributed by atoms with E-state index >= 15 is 4.79 Å². The highest BCUT2D eigenvalue weighted by Gasteiger charge is 2.93. The summed E-state index contributed by atoms with van der Waals surface area (Å²) in [6.45, 7) is 11.0. The van der Waals surface area contributed by atoms with Gasteiger partial charge in [-0.1, -0.05) is 20.8 Å². The highest BCUT2D eigenvalue weighted by atomic mass is 16.8. The molecule has 5 saturated carbocycles. The van der Waals surface area contributed by atoms with Crippen LogP contribution in [-0.2, 0) is 47.7 Å². The van der Waals surface area contributed by atoms with E-state index in [2.05, 4.69) is 0 Å². The van der Waals surface area contributed by atoms with Crippen LogP contribution in [0.2, 0.25) is 0 Å². The van der Waals surface area contributed by atoms with Crippen molar-refractivity contribution < 1.29 is 57.9 Å². The lowest BCUT2D eigenvalue weighted by Gasteiger charge is -2.64. The lowest BCUT2D eigenvalue weighted by Crippen LogP contribution is -2.73. The lowest BCUT2D eigenvalue weighted by atomic mass is 9.41. The SMILES string of the molecule is CC(=O)O[C@H]1C2C(C(=O)C[C@@]3(O)C[C@@H]4O[C@@H]4C[C@]23C)[C@@H]2C(=O)[C@@H]3[C@H]([C@H](C)[C@H]4O[C@]45OC(=O)[C@@](C)(O)[C@]35C)[C@@]2(C)[C@H]1OC(C)=O. The van der Waals surface area contributed by atoms with Gasteiger partial charge in [-0.25, -0.2) is 4.79 Å². The van der Waals surface area contributed by atoms with Gasteiger partial charge < -0.3 is 33.9 Å². The molecule has 2 N–H and O–H groups in total. The summed E-state index contributed by atoms with van der Waals surface area (Å²) in [5, 5.41) is 23.9. The minimum absolute atomic E-state index is 0.144. The Bertz CT molecular complexity index is 1460. The Labute approximate surface area is 254 Å². The van der Waals surface area contributed by atoms with Crippen LogP contribution in [0.1, 0.15) is 67.7 Å². The summed E-state index contributed by atoms with van der Waals surface area (Å²) >= 11 is 0. The average molecular weight is 617 g/mol. The first-order valence-electron chi connectivity index (χ1n) is 15.7. The second-order valence-corrected chi connectivity index (χ2v) is 15.8. The van der Waals surface area contributed by atoms with Crippen molar-refractivity contribution in [3.63, 3.8) is 0 Å². The zero-order valence-electron chi connectivity index (χ0n) is 25.9. The van der Waals surface area contributed by atoms with Gasteiger partial charge in [-0.3, -0.25) is 19.2 Å². The van der Waals surface area contributed by atoms with Gasteiger partial charge in [0.1, 0.15) is 29.9 Å². The maximum Gasteiger partial charge on any atom is 0.341 e. The molecule has 5 aliphatic carbocycles. The quantitative estimate of drug-likeness (QED) is 0.254. The molecule has 0 amide bonds. The monoisotopic (exact) mass is 616 g/mol. The molecule has 3 aliphatic heterocycles. The standard InChI is InChI=1S/C32H40O12/c1-11-18-21(29(6)30(7,38)26(37)44-32(29)24(11)43-32)22(36)19-17-14(35)8-31(39)10-16-15(42-16)9-27(31,4)20(17)23(40-12(2)33)25(28(18,19)5)41-13(3)34/h11,15-21,23-25,38-39H,8-10H2,1-7H3/t11-,15+,16-,17?,18-,19+,20?,21-,23-,24+,25-,27+,28+,29-,30+,31+,32-/m0/s1. The van der Waals surface area contributed by atoms with E-state index in [1.807, 2.05) is 13.8 Å². The Hall–Kier alpha value is -2.41. The molecule has 1 spiro atoms. The summed E-state index contributed by atoms with van der Waals surface area (Å²) in [5.74, 6) is -9.36. The number of epoxide rings is 2. The Morgan fingerprint density at radius 1 is 0.909 bits per heavy atom. The van der Waals surface area contributed by atoms with Crippen LogP contribution in [0.4, 0.5) is 0 Å². The van der Waals surface area contributed by atoms with Gasteiger partial charge in [-0.05, 0) is 32.1 Å². The van der Waals surface area contributed by atoms with Gasteiger partial charge in [0.25, 0.3) is 5.79 Å². The van der Waals surface area contributed by atoms with Crippen LogP contribution in [0.5, 0.6) is 0 Å². The molecule has 44 heavy (non-hydrogen) atoms. The van der Waals surface area contributed by atoms with E-state index in [-0.39, 0.29) is 36.6 Å². The zero-order chi connectivity index (χ0) is 31.9. The fourth-order valence-electron chi connectivity index (χ4n) is 12.0. The van der Waals surface area contributed by atoms with Gasteiger partial charge >= 0.3 is 17.9 Å². The third kappa shape index (κ3) is 2.86. The normalized spacial score (nSPS) is 60.8. The van der Waals surface area contributed by atoms with E-state index in [0.29, 0.717) is 6.42 Å². The largest absolute Gasteiger partial charge is 0.458 e. The molecule has 240 valence electrons. The van der Waals surface area contributed by atoms with Crippen molar-refractivity contribution in [1.29, 1.82) is 0 Å². The number of hydrogen-bond donors (Lipinski definition) is 2. The van der Waals surface area contributed by atoms with Crippen LogP contribution in [0.3, 0.4) is 0 Å². The van der Waals surface area contributed by atoms with E-state index in [1.165, 1.54) is 20.8 Å². The molecule has 0 aromatic heterocycles. The number of carbonyl (C=O) groups excluding carboxylic acids is 5. The predicted molar refractivity (Wildman–Crippen MR) is 144 cm³/mol. The highest BCUT2D eigenvalue weighted by molar-refractivity contribution is 5.98. The second-order valence-electron chi connectivity index (χ2n) is 15.8. The third-order valence-corrected chi connectivity index (χ3v) is 14.1. The van der Waals surface area contributed by atoms with Crippen LogP contribution in [0, 0.1) is 51.8 Å². The minimum atomic E-state index is -2.10. The van der Waals surface area contributed by atoms with Gasteiger partial charge in [-0.15, -0.1) is 0 Å². The second kappa shape index (κ2) is 7.93. The maximum absolute atomic E-state index is 15.2. The van der Waals surface area contributed by atoms with E-state index in [9.17, 15) is 29.4 Å². The molecule has 8 aliphatic rings. The molecular weight excluding hydrogens is 576 g/mol. The number of hydrogen-bond acceptors (Lipinski definition) is 12. The predicted octanol–water partition coefficient (Wildman–Crippen LogP) is 0.864. The smallest absolute Gasteiger partial charge is 0.341 e. The van der Waals surface area contributed by atoms with Crippen molar-refractivity contribution in [3.8, 4) is 0 Å². The number of esters is 3. The molecule has 8 rings (SSSR count). The number of rotatable bonds is 2. The maximum atomic E-state index is 15.2. The summed E-state index contributed by atoms with van der Waals surface area (Å²) in [7, 11) is 0. The minimum Gasteiger partial charge on any atom is -0.458 e. The van der Waals surface area contributed by atoms with E-state index < -0.39 is 105 Å². The van der Waals surface area contributed by atoms with E-state index in [0.717, 1.165) is 0 Å². The summed E-state index contributed by atoms with van der Waals surface area (Å²) < 4.78 is 29.9. The fourth-order valence-corrected chi connectivity index (χ4v) is 12.0. The molecule has 3 heterocycles. The number of Topliss-reactive ketones (excluding diaryl/α,β-unsaturated/α-hetero) is 2. The molecule has 0 aromatic carbocycles. The van der Waals surface area contributed by atoms with E-state index in [1.54, 1.807) is 13.8 Å². The topological polar surface area (TPSA) is 179 Å². The van der Waals surface area contributed by atoms with Gasteiger partial charge in [-0.2, -0.15) is 0 Å².